The number of nitrogens with zero attached hydrogens (tertiary/aromatic N) is 1. The number of rotatable bonds is 4. The molecule has 0 atom stereocenters. The summed E-state index contributed by atoms with van der Waals surface area (Å²) in [7, 11) is 0. The van der Waals surface area contributed by atoms with Gasteiger partial charge in [0.1, 0.15) is 0 Å². The van der Waals surface area contributed by atoms with E-state index in [2.05, 4.69) is 17.8 Å². The number of hydrogen-bond donors (Lipinski definition) is 2. The van der Waals surface area contributed by atoms with E-state index in [9.17, 15) is 0 Å². The van der Waals surface area contributed by atoms with E-state index in [0.717, 1.165) is 6.42 Å². The molecule has 0 radical (unpaired) electrons. The van der Waals surface area contributed by atoms with Gasteiger partial charge >= 0.3 is 0 Å². The Morgan fingerprint density at radius 3 is 3.00 bits per heavy atom. The Hall–Kier alpha value is -0.190. The number of unbranched alkanes of at least 4 members (excludes halogenated alkanes) is 2. The minimum Gasteiger partial charge on any atom is -0.299 e. The molecule has 0 spiro atoms. The maximum absolute atomic E-state index is 5.46. The van der Waals surface area contributed by atoms with Crippen LogP contribution in [0.15, 0.2) is 11.1 Å². The zero-order chi connectivity index (χ0) is 8.10. The molecule has 0 aromatic carbocycles. The van der Waals surface area contributed by atoms with Gasteiger partial charge in [0, 0.05) is 11.1 Å². The summed E-state index contributed by atoms with van der Waals surface area (Å²) in [6, 6.07) is 0. The molecule has 0 aromatic heterocycles. The highest BCUT2D eigenvalue weighted by Crippen LogP contribution is 2.19. The molecule has 4 heteroatoms. The number of hydrogen-bond acceptors (Lipinski definition) is 4. The molecule has 1 heterocycles. The first-order valence-corrected chi connectivity index (χ1v) is 4.84. The molecule has 0 amide bonds. The maximum atomic E-state index is 5.46. The van der Waals surface area contributed by atoms with Crippen LogP contribution in [0.4, 0.5) is 0 Å². The van der Waals surface area contributed by atoms with E-state index in [1.807, 2.05) is 0 Å². The Morgan fingerprint density at radius 2 is 2.45 bits per heavy atom. The lowest BCUT2D eigenvalue weighted by atomic mass is 10.2. The molecule has 0 saturated heterocycles. The van der Waals surface area contributed by atoms with Crippen LogP contribution in [0.3, 0.4) is 0 Å². The lowest BCUT2D eigenvalue weighted by Gasteiger charge is -2.08. The topological polar surface area (TPSA) is 41.3 Å². The maximum Gasteiger partial charge on any atom is 0.0364 e. The second-order valence-corrected chi connectivity index (χ2v) is 3.48. The quantitative estimate of drug-likeness (QED) is 0.386. The van der Waals surface area contributed by atoms with Gasteiger partial charge in [-0.1, -0.05) is 24.3 Å². The third-order valence-electron chi connectivity index (χ3n) is 1.61. The Balaban J connectivity index is 2.08. The molecule has 0 unspecified atom stereocenters. The van der Waals surface area contributed by atoms with Crippen molar-refractivity contribution in [3.05, 3.63) is 11.1 Å². The van der Waals surface area contributed by atoms with Crippen molar-refractivity contribution in [3.63, 3.8) is 0 Å². The van der Waals surface area contributed by atoms with Gasteiger partial charge in [0.2, 0.25) is 0 Å². The van der Waals surface area contributed by atoms with Crippen LogP contribution in [-0.4, -0.2) is 4.52 Å². The van der Waals surface area contributed by atoms with Gasteiger partial charge < -0.3 is 0 Å². The number of allylic oxidation sites excluding steroid dienone is 1. The zero-order valence-electron chi connectivity index (χ0n) is 6.84. The van der Waals surface area contributed by atoms with Crippen LogP contribution < -0.4 is 11.3 Å². The van der Waals surface area contributed by atoms with Crippen LogP contribution in [-0.2, 0) is 0 Å². The van der Waals surface area contributed by atoms with E-state index < -0.39 is 0 Å². The summed E-state index contributed by atoms with van der Waals surface area (Å²) in [5.41, 5.74) is 4.29. The van der Waals surface area contributed by atoms with Gasteiger partial charge in [-0.3, -0.25) is 5.43 Å². The summed E-state index contributed by atoms with van der Waals surface area (Å²) < 4.78 is 1.53. The predicted molar refractivity (Wildman–Crippen MR) is 49.0 cm³/mol. The first-order valence-electron chi connectivity index (χ1n) is 4.00. The van der Waals surface area contributed by atoms with Crippen molar-refractivity contribution < 1.29 is 0 Å². The highest BCUT2D eigenvalue weighted by molar-refractivity contribution is 8.00. The average Bonchev–Trinajstić information content (AvgIpc) is 2.37. The highest BCUT2D eigenvalue weighted by atomic mass is 32.2. The van der Waals surface area contributed by atoms with Gasteiger partial charge in [0.15, 0.2) is 0 Å². The predicted octanol–water partition coefficient (Wildman–Crippen LogP) is 1.75. The number of nitrogens with two attached hydrogens (primary N) is 1. The minimum absolute atomic E-state index is 1.12. The summed E-state index contributed by atoms with van der Waals surface area (Å²) in [5.74, 6) is 5.46. The fraction of sp³-hybridized carbons (Fsp3) is 0.714. The molecule has 64 valence electrons. The van der Waals surface area contributed by atoms with E-state index in [-0.39, 0.29) is 0 Å². The van der Waals surface area contributed by atoms with Gasteiger partial charge in [-0.2, -0.15) is 0 Å². The first-order chi connectivity index (χ1) is 5.33. The average molecular weight is 173 g/mol. The monoisotopic (exact) mass is 173 g/mol. The van der Waals surface area contributed by atoms with E-state index >= 15 is 0 Å². The number of nitrogens with one attached hydrogen (secondary N) is 1. The molecule has 1 rings (SSSR count). The van der Waals surface area contributed by atoms with Crippen molar-refractivity contribution >= 4 is 11.9 Å². The molecular weight excluding hydrogens is 158 g/mol. The van der Waals surface area contributed by atoms with Crippen LogP contribution >= 0.6 is 11.9 Å². The van der Waals surface area contributed by atoms with Crippen molar-refractivity contribution in [1.29, 1.82) is 0 Å². The Labute approximate surface area is 72.1 Å². The first kappa shape index (κ1) is 8.90. The Morgan fingerprint density at radius 1 is 1.64 bits per heavy atom. The van der Waals surface area contributed by atoms with Gasteiger partial charge in [-0.15, -0.1) is 0 Å². The highest BCUT2D eigenvalue weighted by Gasteiger charge is 2.08. The van der Waals surface area contributed by atoms with Gasteiger partial charge in [0.05, 0.1) is 0 Å². The zero-order valence-corrected chi connectivity index (χ0v) is 7.66. The van der Waals surface area contributed by atoms with Crippen molar-refractivity contribution in [2.45, 2.75) is 32.6 Å². The van der Waals surface area contributed by atoms with Crippen LogP contribution in [0.1, 0.15) is 32.6 Å². The van der Waals surface area contributed by atoms with E-state index in [1.165, 1.54) is 41.4 Å². The second-order valence-electron chi connectivity index (χ2n) is 2.64. The normalized spacial score (nSPS) is 18.2. The van der Waals surface area contributed by atoms with Crippen molar-refractivity contribution in [1.82, 2.24) is 9.95 Å². The van der Waals surface area contributed by atoms with Crippen LogP contribution in [0.2, 0.25) is 0 Å². The standard InChI is InChI=1S/C7H15N3S/c1-2-3-4-5-7-6-11-10(8)9-7/h6,9H,2-5,8H2,1H3. The third-order valence-corrected chi connectivity index (χ3v) is 2.32. The largest absolute Gasteiger partial charge is 0.299 e. The molecule has 0 fully saturated rings. The smallest absolute Gasteiger partial charge is 0.0364 e. The summed E-state index contributed by atoms with van der Waals surface area (Å²) in [6.45, 7) is 2.21. The summed E-state index contributed by atoms with van der Waals surface area (Å²) in [6.07, 6.45) is 4.94. The molecule has 11 heavy (non-hydrogen) atoms. The summed E-state index contributed by atoms with van der Waals surface area (Å²) in [5, 5.41) is 2.07. The second kappa shape index (κ2) is 4.64. The Bertz CT molecular complexity index is 147. The summed E-state index contributed by atoms with van der Waals surface area (Å²) in [4.78, 5) is 0. The molecule has 1 aliphatic heterocycles. The van der Waals surface area contributed by atoms with Gasteiger partial charge in [-0.25, -0.2) is 5.84 Å². The third kappa shape index (κ3) is 3.14. The number of hydrazine groups is 2. The molecule has 0 aromatic rings. The molecule has 0 bridgehead atoms. The molecule has 1 aliphatic rings. The van der Waals surface area contributed by atoms with Crippen molar-refractivity contribution in [2.75, 3.05) is 0 Å². The van der Waals surface area contributed by atoms with E-state index in [1.54, 1.807) is 0 Å². The molecular formula is C7H15N3S. The van der Waals surface area contributed by atoms with Crippen molar-refractivity contribution in [3.8, 4) is 0 Å². The van der Waals surface area contributed by atoms with Crippen LogP contribution in [0.25, 0.3) is 0 Å². The fourth-order valence-corrected chi connectivity index (χ4v) is 1.58. The van der Waals surface area contributed by atoms with Crippen molar-refractivity contribution in [2.24, 2.45) is 5.84 Å². The van der Waals surface area contributed by atoms with Gasteiger partial charge in [-0.05, 0) is 24.8 Å². The molecule has 3 nitrogen and oxygen atoms in total. The van der Waals surface area contributed by atoms with E-state index in [4.69, 9.17) is 5.84 Å². The molecule has 0 aliphatic carbocycles. The minimum atomic E-state index is 1.12. The van der Waals surface area contributed by atoms with Crippen LogP contribution in [0.5, 0.6) is 0 Å². The molecule has 3 N–H and O–H groups in total. The lowest BCUT2D eigenvalue weighted by Crippen LogP contribution is -2.32. The van der Waals surface area contributed by atoms with E-state index in [0.29, 0.717) is 0 Å². The lowest BCUT2D eigenvalue weighted by molar-refractivity contribution is 0.412. The van der Waals surface area contributed by atoms with Gasteiger partial charge in [0.25, 0.3) is 0 Å². The molecule has 0 saturated carbocycles. The Kier molecular flexibility index (Phi) is 3.76. The fourth-order valence-electron chi connectivity index (χ4n) is 0.995. The van der Waals surface area contributed by atoms with Crippen LogP contribution in [0, 0.1) is 0 Å². The SMILES string of the molecule is CCCCCC1=CSN(N)N1. The summed E-state index contributed by atoms with van der Waals surface area (Å²) >= 11 is 1.50.